The summed E-state index contributed by atoms with van der Waals surface area (Å²) >= 11 is 3.31. The zero-order chi connectivity index (χ0) is 15.6. The zero-order valence-electron chi connectivity index (χ0n) is 12.4. The van der Waals surface area contributed by atoms with E-state index in [9.17, 15) is 8.42 Å². The predicted octanol–water partition coefficient (Wildman–Crippen LogP) is 2.14. The summed E-state index contributed by atoms with van der Waals surface area (Å²) in [5.74, 6) is 0. The van der Waals surface area contributed by atoms with Crippen molar-refractivity contribution >= 4 is 31.6 Å². The highest BCUT2D eigenvalue weighted by Gasteiger charge is 2.35. The summed E-state index contributed by atoms with van der Waals surface area (Å²) in [4.78, 5) is 2.50. The molecule has 2 N–H and O–H groups in total. The molecule has 0 bridgehead atoms. The van der Waals surface area contributed by atoms with E-state index in [1.807, 2.05) is 0 Å². The molecular weight excluding hydrogens is 354 g/mol. The first kappa shape index (κ1) is 16.7. The Morgan fingerprint density at radius 3 is 2.67 bits per heavy atom. The second-order valence-electron chi connectivity index (χ2n) is 5.21. The molecule has 2 rings (SSSR count). The van der Waals surface area contributed by atoms with Crippen LogP contribution in [0.4, 0.5) is 5.69 Å². The number of hydrogen-bond donors (Lipinski definition) is 1. The van der Waals surface area contributed by atoms with Gasteiger partial charge in [-0.3, -0.25) is 4.90 Å². The molecule has 0 radical (unpaired) electrons. The van der Waals surface area contributed by atoms with Crippen molar-refractivity contribution in [2.75, 3.05) is 31.9 Å². The Hall–Kier alpha value is -0.630. The summed E-state index contributed by atoms with van der Waals surface area (Å²) in [6.45, 7) is 7.17. The fourth-order valence-corrected chi connectivity index (χ4v) is 4.98. The molecule has 0 aromatic heterocycles. The first-order valence-corrected chi connectivity index (χ1v) is 9.42. The molecule has 1 aromatic rings. The van der Waals surface area contributed by atoms with Crippen LogP contribution in [0.15, 0.2) is 27.6 Å². The zero-order valence-corrected chi connectivity index (χ0v) is 14.8. The van der Waals surface area contributed by atoms with E-state index in [2.05, 4.69) is 34.7 Å². The van der Waals surface area contributed by atoms with Crippen LogP contribution in [0.3, 0.4) is 0 Å². The molecule has 7 heteroatoms. The maximum Gasteiger partial charge on any atom is 0.245 e. The van der Waals surface area contributed by atoms with Crippen molar-refractivity contribution in [2.45, 2.75) is 31.2 Å². The lowest BCUT2D eigenvalue weighted by Crippen LogP contribution is -2.38. The summed E-state index contributed by atoms with van der Waals surface area (Å²) < 4.78 is 27.8. The van der Waals surface area contributed by atoms with Gasteiger partial charge >= 0.3 is 0 Å². The van der Waals surface area contributed by atoms with Gasteiger partial charge in [-0.15, -0.1) is 0 Å². The van der Waals surface area contributed by atoms with Crippen LogP contribution in [0.2, 0.25) is 0 Å². The highest BCUT2D eigenvalue weighted by molar-refractivity contribution is 9.10. The van der Waals surface area contributed by atoms with E-state index in [0.29, 0.717) is 24.8 Å². The Kier molecular flexibility index (Phi) is 5.29. The van der Waals surface area contributed by atoms with Crippen molar-refractivity contribution in [3.05, 3.63) is 22.7 Å². The second kappa shape index (κ2) is 6.64. The SMILES string of the molecule is CCN(CC)C1CCN(S(=O)(=O)c2cc(Br)ccc2N)C1. The molecule has 1 aliphatic heterocycles. The summed E-state index contributed by atoms with van der Waals surface area (Å²) in [5.41, 5.74) is 6.15. The van der Waals surface area contributed by atoms with Crippen LogP contribution in [0, 0.1) is 0 Å². The summed E-state index contributed by atoms with van der Waals surface area (Å²) in [7, 11) is -3.52. The van der Waals surface area contributed by atoms with Gasteiger partial charge in [0.05, 0.1) is 5.69 Å². The van der Waals surface area contributed by atoms with Crippen LogP contribution in [0.5, 0.6) is 0 Å². The Morgan fingerprint density at radius 2 is 2.05 bits per heavy atom. The Morgan fingerprint density at radius 1 is 1.38 bits per heavy atom. The van der Waals surface area contributed by atoms with Crippen LogP contribution < -0.4 is 5.73 Å². The molecule has 0 saturated carbocycles. The normalized spacial score (nSPS) is 20.3. The molecular formula is C14H22BrN3O2S. The first-order valence-electron chi connectivity index (χ1n) is 7.19. The van der Waals surface area contributed by atoms with Gasteiger partial charge in [0, 0.05) is 23.6 Å². The maximum atomic E-state index is 12.8. The average Bonchev–Trinajstić information content (AvgIpc) is 2.93. The first-order chi connectivity index (χ1) is 9.90. The smallest absolute Gasteiger partial charge is 0.245 e. The molecule has 21 heavy (non-hydrogen) atoms. The summed E-state index contributed by atoms with van der Waals surface area (Å²) in [6.07, 6.45) is 0.870. The van der Waals surface area contributed by atoms with E-state index >= 15 is 0 Å². The third-order valence-electron chi connectivity index (χ3n) is 4.05. The molecule has 5 nitrogen and oxygen atoms in total. The number of nitrogens with zero attached hydrogens (tertiary/aromatic N) is 2. The third-order valence-corrected chi connectivity index (χ3v) is 6.46. The quantitative estimate of drug-likeness (QED) is 0.800. The largest absolute Gasteiger partial charge is 0.398 e. The standard InChI is InChI=1S/C14H22BrN3O2S/c1-3-17(4-2)12-7-8-18(10-12)21(19,20)14-9-11(15)5-6-13(14)16/h5-6,9,12H,3-4,7-8,10,16H2,1-2H3. The number of benzene rings is 1. The summed E-state index contributed by atoms with van der Waals surface area (Å²) in [6, 6.07) is 5.24. The average molecular weight is 376 g/mol. The second-order valence-corrected chi connectivity index (χ2v) is 8.03. The number of nitrogens with two attached hydrogens (primary N) is 1. The lowest BCUT2D eigenvalue weighted by molar-refractivity contribution is 0.224. The van der Waals surface area contributed by atoms with E-state index in [-0.39, 0.29) is 4.90 Å². The Balaban J connectivity index is 2.24. The molecule has 1 unspecified atom stereocenters. The van der Waals surface area contributed by atoms with Gasteiger partial charge in [0.2, 0.25) is 10.0 Å². The number of sulfonamides is 1. The minimum absolute atomic E-state index is 0.192. The predicted molar refractivity (Wildman–Crippen MR) is 88.6 cm³/mol. The van der Waals surface area contributed by atoms with Crippen LogP contribution in [0.25, 0.3) is 0 Å². The molecule has 1 atom stereocenters. The van der Waals surface area contributed by atoms with Gasteiger partial charge < -0.3 is 5.73 Å². The van der Waals surface area contributed by atoms with E-state index in [1.165, 1.54) is 0 Å². The van der Waals surface area contributed by atoms with E-state index in [4.69, 9.17) is 5.73 Å². The van der Waals surface area contributed by atoms with Crippen molar-refractivity contribution in [2.24, 2.45) is 0 Å². The number of hydrogen-bond acceptors (Lipinski definition) is 4. The molecule has 1 fully saturated rings. The van der Waals surface area contributed by atoms with Gasteiger partial charge in [0.25, 0.3) is 0 Å². The molecule has 1 saturated heterocycles. The van der Waals surface area contributed by atoms with Crippen molar-refractivity contribution < 1.29 is 8.42 Å². The van der Waals surface area contributed by atoms with E-state index < -0.39 is 10.0 Å². The molecule has 118 valence electrons. The van der Waals surface area contributed by atoms with E-state index in [0.717, 1.165) is 24.0 Å². The topological polar surface area (TPSA) is 66.6 Å². The van der Waals surface area contributed by atoms with Gasteiger partial charge in [-0.2, -0.15) is 4.31 Å². The number of nitrogen functional groups attached to an aromatic ring is 1. The number of halogens is 1. The molecule has 0 aliphatic carbocycles. The highest BCUT2D eigenvalue weighted by Crippen LogP contribution is 2.29. The van der Waals surface area contributed by atoms with Crippen LogP contribution in [0.1, 0.15) is 20.3 Å². The Bertz CT molecular complexity index is 602. The molecule has 0 amide bonds. The monoisotopic (exact) mass is 375 g/mol. The van der Waals surface area contributed by atoms with Crippen molar-refractivity contribution in [1.29, 1.82) is 0 Å². The van der Waals surface area contributed by atoms with Crippen LogP contribution in [-0.2, 0) is 10.0 Å². The number of rotatable bonds is 5. The Labute approximate surface area is 135 Å². The molecule has 1 aliphatic rings. The molecule has 1 heterocycles. The van der Waals surface area contributed by atoms with Crippen LogP contribution >= 0.6 is 15.9 Å². The summed E-state index contributed by atoms with van der Waals surface area (Å²) in [5, 5.41) is 0. The molecule has 1 aromatic carbocycles. The highest BCUT2D eigenvalue weighted by atomic mass is 79.9. The van der Waals surface area contributed by atoms with Gasteiger partial charge in [0.1, 0.15) is 4.90 Å². The van der Waals surface area contributed by atoms with Crippen molar-refractivity contribution in [3.8, 4) is 0 Å². The molecule has 0 spiro atoms. The third kappa shape index (κ3) is 3.41. The fourth-order valence-electron chi connectivity index (χ4n) is 2.84. The minimum atomic E-state index is -3.52. The van der Waals surface area contributed by atoms with Gasteiger partial charge in [-0.25, -0.2) is 8.42 Å². The number of likely N-dealkylation sites (N-methyl/N-ethyl adjacent to an activating group) is 1. The van der Waals surface area contributed by atoms with Crippen LogP contribution in [-0.4, -0.2) is 49.8 Å². The lowest BCUT2D eigenvalue weighted by Gasteiger charge is -2.26. The van der Waals surface area contributed by atoms with Gasteiger partial charge in [0.15, 0.2) is 0 Å². The maximum absolute atomic E-state index is 12.8. The van der Waals surface area contributed by atoms with Gasteiger partial charge in [-0.1, -0.05) is 29.8 Å². The lowest BCUT2D eigenvalue weighted by atomic mass is 10.2. The van der Waals surface area contributed by atoms with E-state index in [1.54, 1.807) is 22.5 Å². The number of anilines is 1. The van der Waals surface area contributed by atoms with Crippen molar-refractivity contribution in [3.63, 3.8) is 0 Å². The van der Waals surface area contributed by atoms with Crippen molar-refractivity contribution in [1.82, 2.24) is 9.21 Å². The van der Waals surface area contributed by atoms with Gasteiger partial charge in [-0.05, 0) is 37.7 Å². The fraction of sp³-hybridized carbons (Fsp3) is 0.571. The minimum Gasteiger partial charge on any atom is -0.398 e.